The molecule has 0 saturated carbocycles. The predicted molar refractivity (Wildman–Crippen MR) is 64.6 cm³/mol. The molecular formula is C8H12N2O6S2. The predicted octanol–water partition coefficient (Wildman–Crippen LogP) is 0.194. The number of anilines is 2. The second kappa shape index (κ2) is 4.72. The van der Waals surface area contributed by atoms with Crippen LogP contribution >= 0.6 is 0 Å². The van der Waals surface area contributed by atoms with Crippen molar-refractivity contribution >= 4 is 31.6 Å². The van der Waals surface area contributed by atoms with Gasteiger partial charge in [0.05, 0.1) is 11.4 Å². The van der Waals surface area contributed by atoms with E-state index >= 15 is 0 Å². The molecule has 0 spiro atoms. The first-order valence-electron chi connectivity index (χ1n) is 4.69. The van der Waals surface area contributed by atoms with Crippen LogP contribution in [0.15, 0.2) is 21.9 Å². The highest BCUT2D eigenvalue weighted by Crippen LogP contribution is 2.29. The highest BCUT2D eigenvalue weighted by molar-refractivity contribution is 7.86. The minimum Gasteiger partial charge on any atom is -0.398 e. The maximum Gasteiger partial charge on any atom is 0.296 e. The highest BCUT2D eigenvalue weighted by atomic mass is 32.2. The summed E-state index contributed by atoms with van der Waals surface area (Å²) in [4.78, 5) is -1.19. The molecule has 0 bridgehead atoms. The first-order chi connectivity index (χ1) is 8.07. The summed E-state index contributed by atoms with van der Waals surface area (Å²) in [6.45, 7) is 1.91. The number of rotatable bonds is 4. The summed E-state index contributed by atoms with van der Waals surface area (Å²) in [6.07, 6.45) is 0. The molecule has 1 aromatic carbocycles. The van der Waals surface area contributed by atoms with Crippen molar-refractivity contribution < 1.29 is 25.9 Å². The van der Waals surface area contributed by atoms with Crippen LogP contribution in [0.5, 0.6) is 0 Å². The molecule has 18 heavy (non-hydrogen) atoms. The van der Waals surface area contributed by atoms with Crippen molar-refractivity contribution in [2.75, 3.05) is 17.6 Å². The van der Waals surface area contributed by atoms with Gasteiger partial charge in [-0.05, 0) is 19.1 Å². The molecule has 8 nitrogen and oxygen atoms in total. The van der Waals surface area contributed by atoms with Crippen molar-refractivity contribution in [3.8, 4) is 0 Å². The number of nitrogens with two attached hydrogens (primary N) is 1. The normalized spacial score (nSPS) is 12.4. The van der Waals surface area contributed by atoms with Crippen LogP contribution in [0.1, 0.15) is 6.92 Å². The summed E-state index contributed by atoms with van der Waals surface area (Å²) in [6, 6.07) is 1.60. The molecule has 1 aromatic rings. The summed E-state index contributed by atoms with van der Waals surface area (Å²) in [5.74, 6) is 0. The summed E-state index contributed by atoms with van der Waals surface area (Å²) in [7, 11) is -9.14. The quantitative estimate of drug-likeness (QED) is 0.455. The Bertz CT molecular complexity index is 665. The SMILES string of the molecule is CCNc1cc(S(=O)(=O)O)c(N)cc1S(=O)(=O)O. The smallest absolute Gasteiger partial charge is 0.296 e. The minimum atomic E-state index is -4.58. The van der Waals surface area contributed by atoms with E-state index in [4.69, 9.17) is 14.8 Å². The first-order valence-corrected chi connectivity index (χ1v) is 7.57. The van der Waals surface area contributed by atoms with Crippen LogP contribution in [0.3, 0.4) is 0 Å². The third-order valence-electron chi connectivity index (χ3n) is 2.04. The average molecular weight is 296 g/mol. The third-order valence-corrected chi connectivity index (χ3v) is 3.84. The van der Waals surface area contributed by atoms with Gasteiger partial charge in [0.1, 0.15) is 9.79 Å². The lowest BCUT2D eigenvalue weighted by molar-refractivity contribution is 0.479. The third kappa shape index (κ3) is 3.10. The molecule has 10 heteroatoms. The number of benzene rings is 1. The van der Waals surface area contributed by atoms with Gasteiger partial charge in [-0.15, -0.1) is 0 Å². The summed E-state index contributed by atoms with van der Waals surface area (Å²) in [5.41, 5.74) is 4.68. The zero-order valence-electron chi connectivity index (χ0n) is 9.28. The molecule has 0 aliphatic heterocycles. The Balaban J connectivity index is 3.65. The van der Waals surface area contributed by atoms with E-state index in [0.717, 1.165) is 12.1 Å². The van der Waals surface area contributed by atoms with Crippen LogP contribution in [-0.2, 0) is 20.2 Å². The maximum atomic E-state index is 11.1. The van der Waals surface area contributed by atoms with E-state index in [0.29, 0.717) is 0 Å². The zero-order chi connectivity index (χ0) is 14.1. The Morgan fingerprint density at radius 2 is 1.61 bits per heavy atom. The topological polar surface area (TPSA) is 147 Å². The zero-order valence-corrected chi connectivity index (χ0v) is 10.9. The van der Waals surface area contributed by atoms with Crippen molar-refractivity contribution in [2.45, 2.75) is 16.7 Å². The molecular weight excluding hydrogens is 284 g/mol. The van der Waals surface area contributed by atoms with Crippen molar-refractivity contribution in [3.05, 3.63) is 12.1 Å². The van der Waals surface area contributed by atoms with Gasteiger partial charge < -0.3 is 11.1 Å². The van der Waals surface area contributed by atoms with Gasteiger partial charge in [0, 0.05) is 6.54 Å². The van der Waals surface area contributed by atoms with E-state index < -0.39 is 35.7 Å². The molecule has 0 unspecified atom stereocenters. The van der Waals surface area contributed by atoms with Gasteiger partial charge in [-0.3, -0.25) is 9.11 Å². The average Bonchev–Trinajstić information content (AvgIpc) is 2.17. The van der Waals surface area contributed by atoms with Crippen LogP contribution in [0.25, 0.3) is 0 Å². The van der Waals surface area contributed by atoms with Gasteiger partial charge in [0.25, 0.3) is 20.2 Å². The molecule has 0 aromatic heterocycles. The Kier molecular flexibility index (Phi) is 3.86. The molecule has 0 aliphatic carbocycles. The van der Waals surface area contributed by atoms with E-state index in [1.54, 1.807) is 6.92 Å². The number of hydrogen-bond donors (Lipinski definition) is 4. The van der Waals surface area contributed by atoms with Crippen molar-refractivity contribution in [3.63, 3.8) is 0 Å². The Morgan fingerprint density at radius 1 is 1.11 bits per heavy atom. The first kappa shape index (κ1) is 14.7. The summed E-state index contributed by atoms with van der Waals surface area (Å²) in [5, 5.41) is 2.55. The van der Waals surface area contributed by atoms with E-state index in [2.05, 4.69) is 5.32 Å². The van der Waals surface area contributed by atoms with Crippen LogP contribution in [-0.4, -0.2) is 32.5 Å². The largest absolute Gasteiger partial charge is 0.398 e. The molecule has 0 radical (unpaired) electrons. The Hall–Kier alpha value is -1.36. The fourth-order valence-electron chi connectivity index (χ4n) is 1.34. The minimum absolute atomic E-state index is 0.165. The fraction of sp³-hybridized carbons (Fsp3) is 0.250. The highest BCUT2D eigenvalue weighted by Gasteiger charge is 2.22. The van der Waals surface area contributed by atoms with Crippen molar-refractivity contribution in [1.82, 2.24) is 0 Å². The summed E-state index contributed by atoms with van der Waals surface area (Å²) < 4.78 is 62.1. The van der Waals surface area contributed by atoms with E-state index in [1.165, 1.54) is 0 Å². The van der Waals surface area contributed by atoms with Crippen molar-refractivity contribution in [2.24, 2.45) is 0 Å². The molecule has 5 N–H and O–H groups in total. The number of nitrogens with one attached hydrogen (secondary N) is 1. The maximum absolute atomic E-state index is 11.1. The second-order valence-electron chi connectivity index (χ2n) is 3.37. The number of nitrogen functional groups attached to an aromatic ring is 1. The second-order valence-corrected chi connectivity index (χ2v) is 6.15. The van der Waals surface area contributed by atoms with Gasteiger partial charge in [-0.1, -0.05) is 0 Å². The Morgan fingerprint density at radius 3 is 2.00 bits per heavy atom. The lowest BCUT2D eigenvalue weighted by atomic mass is 10.3. The number of hydrogen-bond acceptors (Lipinski definition) is 6. The van der Waals surface area contributed by atoms with Crippen LogP contribution < -0.4 is 11.1 Å². The van der Waals surface area contributed by atoms with Gasteiger partial charge >= 0.3 is 0 Å². The molecule has 0 amide bonds. The molecule has 1 rings (SSSR count). The van der Waals surface area contributed by atoms with E-state index in [9.17, 15) is 16.8 Å². The van der Waals surface area contributed by atoms with Crippen LogP contribution in [0, 0.1) is 0 Å². The molecule has 102 valence electrons. The van der Waals surface area contributed by atoms with Gasteiger partial charge in [-0.25, -0.2) is 0 Å². The monoisotopic (exact) mass is 296 g/mol. The van der Waals surface area contributed by atoms with Crippen molar-refractivity contribution in [1.29, 1.82) is 0 Å². The van der Waals surface area contributed by atoms with Gasteiger partial charge in [0.2, 0.25) is 0 Å². The molecule has 0 saturated heterocycles. The Labute approximate surface area is 104 Å². The lowest BCUT2D eigenvalue weighted by Crippen LogP contribution is -2.10. The summed E-state index contributed by atoms with van der Waals surface area (Å²) >= 11 is 0. The van der Waals surface area contributed by atoms with E-state index in [-0.39, 0.29) is 12.2 Å². The van der Waals surface area contributed by atoms with E-state index in [1.807, 2.05) is 0 Å². The molecule has 0 atom stereocenters. The van der Waals surface area contributed by atoms with Gasteiger partial charge in [-0.2, -0.15) is 16.8 Å². The molecule has 0 fully saturated rings. The van der Waals surface area contributed by atoms with Crippen LogP contribution in [0.4, 0.5) is 11.4 Å². The van der Waals surface area contributed by atoms with Gasteiger partial charge in [0.15, 0.2) is 0 Å². The lowest BCUT2D eigenvalue weighted by Gasteiger charge is -2.11. The molecule has 0 aliphatic rings. The standard InChI is InChI=1S/C8H12N2O6S2/c1-2-10-6-4-7(17(11,12)13)5(9)3-8(6)18(14,15)16/h3-4,10H,2,9H2,1H3,(H,11,12,13)(H,14,15,16). The molecule has 0 heterocycles. The van der Waals surface area contributed by atoms with Crippen LogP contribution in [0.2, 0.25) is 0 Å². The fourth-order valence-corrected chi connectivity index (χ4v) is 2.65.